The van der Waals surface area contributed by atoms with E-state index in [1.54, 1.807) is 0 Å². The molecule has 16 heavy (non-hydrogen) atoms. The van der Waals surface area contributed by atoms with E-state index in [0.717, 1.165) is 11.0 Å². The highest BCUT2D eigenvalue weighted by Crippen LogP contribution is 2.11. The van der Waals surface area contributed by atoms with Crippen molar-refractivity contribution in [2.45, 2.75) is 32.7 Å². The van der Waals surface area contributed by atoms with Crippen LogP contribution in [0.5, 0.6) is 0 Å². The summed E-state index contributed by atoms with van der Waals surface area (Å²) in [5, 5.41) is 0. The number of carbonyl (C=O) groups excluding carboxylic acids is 1. The number of ether oxygens (including phenoxy) is 1. The maximum atomic E-state index is 10.8. The normalized spacial score (nSPS) is 12.5. The van der Waals surface area contributed by atoms with Crippen LogP contribution in [0.25, 0.3) is 0 Å². The first-order valence-corrected chi connectivity index (χ1v) is 5.56. The Morgan fingerprint density at radius 1 is 1.50 bits per heavy atom. The first kappa shape index (κ1) is 18.0. The van der Waals surface area contributed by atoms with Gasteiger partial charge in [0, 0.05) is 6.08 Å². The third kappa shape index (κ3) is 7.01. The molecule has 1 unspecified atom stereocenters. The van der Waals surface area contributed by atoms with Gasteiger partial charge in [-0.1, -0.05) is 19.9 Å². The van der Waals surface area contributed by atoms with Gasteiger partial charge in [0.05, 0.1) is 20.1 Å². The predicted octanol–water partition coefficient (Wildman–Crippen LogP) is -1.02. The van der Waals surface area contributed by atoms with Crippen molar-refractivity contribution in [3.05, 3.63) is 12.7 Å². The largest absolute Gasteiger partial charge is 1.00 e. The molecule has 0 N–H and O–H groups in total. The zero-order valence-corrected chi connectivity index (χ0v) is 12.4. The molecule has 0 aromatic rings. The standard InChI is InChI=1S/C12H24NO2.BrH/c1-6-8-11(3)13(4,5)9-10-15-12(14)7-2;/h7,11H,2,6,8-10H2,1,3-5H3;1H/q+1;/p-1. The number of rotatable bonds is 7. The van der Waals surface area contributed by atoms with Gasteiger partial charge in [-0.15, -0.1) is 0 Å². The molecule has 0 aliphatic carbocycles. The molecule has 0 saturated carbocycles. The zero-order chi connectivity index (χ0) is 11.9. The average Bonchev–Trinajstić information content (AvgIpc) is 2.17. The van der Waals surface area contributed by atoms with E-state index in [1.807, 2.05) is 0 Å². The number of hydrogen-bond acceptors (Lipinski definition) is 2. The lowest BCUT2D eigenvalue weighted by molar-refractivity contribution is -0.913. The van der Waals surface area contributed by atoms with Crippen molar-refractivity contribution in [1.29, 1.82) is 0 Å². The molecule has 0 fully saturated rings. The van der Waals surface area contributed by atoms with Crippen molar-refractivity contribution in [3.8, 4) is 0 Å². The molecule has 0 aromatic carbocycles. The molecule has 1 atom stereocenters. The van der Waals surface area contributed by atoms with Gasteiger partial charge in [0.25, 0.3) is 0 Å². The summed E-state index contributed by atoms with van der Waals surface area (Å²) in [6.45, 7) is 9.10. The number of carbonyl (C=O) groups is 1. The maximum Gasteiger partial charge on any atom is 0.330 e. The molecule has 4 heteroatoms. The first-order chi connectivity index (χ1) is 6.94. The van der Waals surface area contributed by atoms with Crippen molar-refractivity contribution in [1.82, 2.24) is 0 Å². The summed E-state index contributed by atoms with van der Waals surface area (Å²) >= 11 is 0. The summed E-state index contributed by atoms with van der Waals surface area (Å²) in [7, 11) is 4.34. The summed E-state index contributed by atoms with van der Waals surface area (Å²) in [6.07, 6.45) is 3.59. The molecule has 0 aliphatic heterocycles. The van der Waals surface area contributed by atoms with Gasteiger partial charge in [0.1, 0.15) is 13.2 Å². The van der Waals surface area contributed by atoms with Crippen LogP contribution in [0.15, 0.2) is 12.7 Å². The van der Waals surface area contributed by atoms with Crippen molar-refractivity contribution in [3.63, 3.8) is 0 Å². The molecule has 0 radical (unpaired) electrons. The summed E-state index contributed by atoms with van der Waals surface area (Å²) < 4.78 is 5.87. The van der Waals surface area contributed by atoms with Crippen LogP contribution < -0.4 is 17.0 Å². The molecule has 0 bridgehead atoms. The summed E-state index contributed by atoms with van der Waals surface area (Å²) in [5.41, 5.74) is 0. The highest BCUT2D eigenvalue weighted by Gasteiger charge is 2.22. The zero-order valence-electron chi connectivity index (χ0n) is 10.8. The lowest BCUT2D eigenvalue weighted by atomic mass is 10.1. The number of likely N-dealkylation sites (N-methyl/N-ethyl adjacent to an activating group) is 1. The van der Waals surface area contributed by atoms with Gasteiger partial charge >= 0.3 is 5.97 Å². The Kier molecular flexibility index (Phi) is 9.87. The number of hydrogen-bond donors (Lipinski definition) is 0. The Morgan fingerprint density at radius 3 is 2.50 bits per heavy atom. The fraction of sp³-hybridized carbons (Fsp3) is 0.750. The number of quaternary nitrogens is 1. The van der Waals surface area contributed by atoms with Gasteiger partial charge in [-0.25, -0.2) is 4.79 Å². The molecule has 96 valence electrons. The molecular formula is C12H24BrNO2. The number of esters is 1. The van der Waals surface area contributed by atoms with Gasteiger partial charge in [-0.2, -0.15) is 0 Å². The Labute approximate surface area is 110 Å². The molecule has 0 aromatic heterocycles. The van der Waals surface area contributed by atoms with Gasteiger partial charge in [-0.3, -0.25) is 0 Å². The topological polar surface area (TPSA) is 26.3 Å². The smallest absolute Gasteiger partial charge is 0.330 e. The average molecular weight is 294 g/mol. The summed E-state index contributed by atoms with van der Waals surface area (Å²) in [5.74, 6) is -0.335. The van der Waals surface area contributed by atoms with Crippen LogP contribution in [-0.2, 0) is 9.53 Å². The molecule has 0 heterocycles. The monoisotopic (exact) mass is 293 g/mol. The Hall–Kier alpha value is -0.350. The Bertz CT molecular complexity index is 217. The van der Waals surface area contributed by atoms with Crippen LogP contribution >= 0.6 is 0 Å². The van der Waals surface area contributed by atoms with E-state index >= 15 is 0 Å². The van der Waals surface area contributed by atoms with Crippen molar-refractivity contribution in [2.24, 2.45) is 0 Å². The maximum absolute atomic E-state index is 10.8. The van der Waals surface area contributed by atoms with Crippen LogP contribution in [-0.4, -0.2) is 43.7 Å². The fourth-order valence-corrected chi connectivity index (χ4v) is 1.43. The minimum atomic E-state index is -0.335. The highest BCUT2D eigenvalue weighted by molar-refractivity contribution is 5.81. The second-order valence-electron chi connectivity index (χ2n) is 4.51. The molecular weight excluding hydrogens is 270 g/mol. The summed E-state index contributed by atoms with van der Waals surface area (Å²) in [4.78, 5) is 10.8. The lowest BCUT2D eigenvalue weighted by Gasteiger charge is -2.35. The van der Waals surface area contributed by atoms with Crippen LogP contribution in [0.1, 0.15) is 26.7 Å². The van der Waals surface area contributed by atoms with Crippen molar-refractivity contribution >= 4 is 5.97 Å². The lowest BCUT2D eigenvalue weighted by Crippen LogP contribution is -3.00. The van der Waals surface area contributed by atoms with E-state index in [-0.39, 0.29) is 23.0 Å². The molecule has 0 rings (SSSR count). The van der Waals surface area contributed by atoms with E-state index in [0.29, 0.717) is 12.6 Å². The SMILES string of the molecule is C=CC(=O)OCC[N+](C)(C)C(C)CCC.[Br-]. The second kappa shape index (κ2) is 8.76. The van der Waals surface area contributed by atoms with E-state index in [1.165, 1.54) is 18.9 Å². The Balaban J connectivity index is 0. The van der Waals surface area contributed by atoms with E-state index in [4.69, 9.17) is 4.74 Å². The highest BCUT2D eigenvalue weighted by atomic mass is 79.9. The third-order valence-corrected chi connectivity index (χ3v) is 2.98. The summed E-state index contributed by atoms with van der Waals surface area (Å²) in [6, 6.07) is 0.595. The number of nitrogens with zero attached hydrogens (tertiary/aromatic N) is 1. The van der Waals surface area contributed by atoms with Crippen molar-refractivity contribution in [2.75, 3.05) is 27.2 Å². The van der Waals surface area contributed by atoms with Crippen LogP contribution in [0.3, 0.4) is 0 Å². The molecule has 3 nitrogen and oxygen atoms in total. The van der Waals surface area contributed by atoms with Gasteiger partial charge in [0.2, 0.25) is 0 Å². The van der Waals surface area contributed by atoms with Crippen molar-refractivity contribution < 1.29 is 31.0 Å². The van der Waals surface area contributed by atoms with Crippen LogP contribution in [0.4, 0.5) is 0 Å². The number of halogens is 1. The van der Waals surface area contributed by atoms with Crippen LogP contribution in [0, 0.1) is 0 Å². The first-order valence-electron chi connectivity index (χ1n) is 5.56. The molecule has 0 amide bonds. The molecule has 0 saturated heterocycles. The van der Waals surface area contributed by atoms with Gasteiger partial charge < -0.3 is 26.2 Å². The second-order valence-corrected chi connectivity index (χ2v) is 4.51. The van der Waals surface area contributed by atoms with E-state index < -0.39 is 0 Å². The third-order valence-electron chi connectivity index (χ3n) is 2.98. The molecule has 0 aliphatic rings. The van der Waals surface area contributed by atoms with E-state index in [9.17, 15) is 4.79 Å². The Morgan fingerprint density at radius 2 is 2.06 bits per heavy atom. The minimum Gasteiger partial charge on any atom is -1.00 e. The minimum absolute atomic E-state index is 0. The quantitative estimate of drug-likeness (QED) is 0.341. The van der Waals surface area contributed by atoms with Gasteiger partial charge in [-0.05, 0) is 13.3 Å². The molecule has 0 spiro atoms. The predicted molar refractivity (Wildman–Crippen MR) is 62.5 cm³/mol. The van der Waals surface area contributed by atoms with Gasteiger partial charge in [0.15, 0.2) is 0 Å². The fourth-order valence-electron chi connectivity index (χ4n) is 1.43. The van der Waals surface area contributed by atoms with E-state index in [2.05, 4.69) is 34.5 Å². The van der Waals surface area contributed by atoms with Crippen LogP contribution in [0.2, 0.25) is 0 Å².